The average molecular weight is 649 g/mol. The number of aliphatic imine (C=N–C) groups is 1. The summed E-state index contributed by atoms with van der Waals surface area (Å²) >= 11 is 0. The number of fused-ring (bicyclic) bond motifs is 1. The molecule has 11 nitrogen and oxygen atoms in total. The molecular formula is C36H52N6O5. The van der Waals surface area contributed by atoms with Gasteiger partial charge >= 0.3 is 12.0 Å². The minimum Gasteiger partial charge on any atom is -0.494 e. The van der Waals surface area contributed by atoms with E-state index in [-0.39, 0.29) is 23.8 Å². The smallest absolute Gasteiger partial charge is 0.326 e. The summed E-state index contributed by atoms with van der Waals surface area (Å²) in [4.78, 5) is 49.1. The van der Waals surface area contributed by atoms with E-state index in [0.29, 0.717) is 55.8 Å². The molecule has 4 rings (SSSR count). The number of hydrogen-bond acceptors (Lipinski definition) is 8. The van der Waals surface area contributed by atoms with Gasteiger partial charge in [-0.15, -0.1) is 0 Å². The third-order valence-electron chi connectivity index (χ3n) is 9.02. The number of nitrogens with zero attached hydrogens (tertiary/aromatic N) is 4. The molecule has 0 saturated heterocycles. The Morgan fingerprint density at radius 3 is 2.49 bits per heavy atom. The Bertz CT molecular complexity index is 1420. The summed E-state index contributed by atoms with van der Waals surface area (Å²) in [5, 5.41) is 5.74. The second kappa shape index (κ2) is 16.5. The Labute approximate surface area is 279 Å². The molecular weight excluding hydrogens is 596 g/mol. The van der Waals surface area contributed by atoms with Crippen molar-refractivity contribution in [2.24, 2.45) is 10.4 Å². The molecule has 1 heterocycles. The third kappa shape index (κ3) is 10.4. The number of hydrogen-bond donors (Lipinski definition) is 2. The van der Waals surface area contributed by atoms with Crippen LogP contribution in [0.5, 0.6) is 5.75 Å². The van der Waals surface area contributed by atoms with Crippen molar-refractivity contribution in [3.8, 4) is 5.75 Å². The van der Waals surface area contributed by atoms with Crippen LogP contribution in [0.2, 0.25) is 0 Å². The van der Waals surface area contributed by atoms with Gasteiger partial charge in [0.15, 0.2) is 0 Å². The highest BCUT2D eigenvalue weighted by molar-refractivity contribution is 6.05. The molecule has 0 atom stereocenters. The number of urea groups is 1. The average Bonchev–Trinajstić information content (AvgIpc) is 3.06. The van der Waals surface area contributed by atoms with Crippen LogP contribution in [0, 0.1) is 5.41 Å². The Hall–Kier alpha value is -4.28. The zero-order valence-corrected chi connectivity index (χ0v) is 28.9. The van der Waals surface area contributed by atoms with Gasteiger partial charge in [-0.25, -0.2) is 9.79 Å². The summed E-state index contributed by atoms with van der Waals surface area (Å²) in [5.74, 6) is 0.671. The number of guanidine groups is 1. The van der Waals surface area contributed by atoms with Crippen molar-refractivity contribution in [1.29, 1.82) is 0 Å². The first-order chi connectivity index (χ1) is 22.5. The van der Waals surface area contributed by atoms with Crippen molar-refractivity contribution >= 4 is 40.9 Å². The number of amides is 3. The zero-order valence-electron chi connectivity index (χ0n) is 28.9. The Kier molecular flexibility index (Phi) is 12.5. The van der Waals surface area contributed by atoms with E-state index >= 15 is 0 Å². The van der Waals surface area contributed by atoms with Gasteiger partial charge in [-0.1, -0.05) is 52.2 Å². The normalized spacial score (nSPS) is 14.9. The SMILES string of the molecule is CCC(C)(C)COC(=O)CN1Cc2cc(OCCCC(=O)N(C)C3CCCCC3)ccc2N=C1NC(=O)Nc1ccccc1N(C)C. The molecule has 1 aliphatic carbocycles. The third-order valence-corrected chi connectivity index (χ3v) is 9.02. The van der Waals surface area contributed by atoms with Gasteiger partial charge in [0, 0.05) is 45.7 Å². The Balaban J connectivity index is 1.41. The first kappa shape index (κ1) is 35.6. The first-order valence-electron chi connectivity index (χ1n) is 16.8. The molecule has 3 amide bonds. The van der Waals surface area contributed by atoms with Crippen LogP contribution in [-0.2, 0) is 20.9 Å². The standard InChI is InChI=1S/C36H52N6O5/c1-7-36(2,3)25-47-33(44)24-42-23-26-22-28(46-21-13-18-32(43)41(6)27-14-9-8-10-15-27)19-20-29(26)37-34(42)39-35(45)38-30-16-11-12-17-31(30)40(4)5/h11-12,16-17,19-20,22,27H,7-10,13-15,18,21,23-25H2,1-6H3,(H2,37,38,39,45). The second-order valence-corrected chi connectivity index (χ2v) is 13.5. The van der Waals surface area contributed by atoms with E-state index in [9.17, 15) is 14.4 Å². The minimum absolute atomic E-state index is 0.0889. The molecule has 1 fully saturated rings. The monoisotopic (exact) mass is 648 g/mol. The van der Waals surface area contributed by atoms with Crippen molar-refractivity contribution in [3.05, 3.63) is 48.0 Å². The van der Waals surface area contributed by atoms with Crippen LogP contribution >= 0.6 is 0 Å². The highest BCUT2D eigenvalue weighted by Crippen LogP contribution is 2.30. The number of rotatable bonds is 13. The van der Waals surface area contributed by atoms with E-state index in [1.54, 1.807) is 4.90 Å². The van der Waals surface area contributed by atoms with E-state index in [2.05, 4.69) is 17.6 Å². The molecule has 2 N–H and O–H groups in total. The summed E-state index contributed by atoms with van der Waals surface area (Å²) in [6.45, 7) is 7.10. The largest absolute Gasteiger partial charge is 0.494 e. The molecule has 47 heavy (non-hydrogen) atoms. The van der Waals surface area contributed by atoms with Gasteiger partial charge in [0.1, 0.15) is 12.3 Å². The Morgan fingerprint density at radius 2 is 1.77 bits per heavy atom. The van der Waals surface area contributed by atoms with Crippen LogP contribution in [0.25, 0.3) is 0 Å². The predicted octanol–water partition coefficient (Wildman–Crippen LogP) is 6.31. The predicted molar refractivity (Wildman–Crippen MR) is 186 cm³/mol. The number of carbonyl (C=O) groups excluding carboxylic acids is 3. The maximum atomic E-state index is 13.2. The van der Waals surface area contributed by atoms with Crippen LogP contribution in [0.4, 0.5) is 21.9 Å². The van der Waals surface area contributed by atoms with Gasteiger partial charge in [0.25, 0.3) is 0 Å². The summed E-state index contributed by atoms with van der Waals surface area (Å²) in [6, 6.07) is 12.9. The molecule has 2 aliphatic rings. The molecule has 0 unspecified atom stereocenters. The molecule has 0 radical (unpaired) electrons. The number of nitrogens with one attached hydrogen (secondary N) is 2. The lowest BCUT2D eigenvalue weighted by Gasteiger charge is -2.31. The number of ether oxygens (including phenoxy) is 2. The topological polar surface area (TPSA) is 116 Å². The van der Waals surface area contributed by atoms with Crippen LogP contribution in [-0.4, -0.2) is 80.6 Å². The lowest BCUT2D eigenvalue weighted by Crippen LogP contribution is -2.48. The van der Waals surface area contributed by atoms with Gasteiger partial charge in [-0.2, -0.15) is 0 Å². The maximum absolute atomic E-state index is 13.2. The van der Waals surface area contributed by atoms with Crippen LogP contribution in [0.3, 0.4) is 0 Å². The fraction of sp³-hybridized carbons (Fsp3) is 0.556. The summed E-state index contributed by atoms with van der Waals surface area (Å²) in [6.07, 6.45) is 7.77. The van der Waals surface area contributed by atoms with Crippen molar-refractivity contribution in [1.82, 2.24) is 15.1 Å². The fourth-order valence-electron chi connectivity index (χ4n) is 5.66. The molecule has 1 saturated carbocycles. The van der Waals surface area contributed by atoms with E-state index in [1.807, 2.05) is 87.3 Å². The van der Waals surface area contributed by atoms with Gasteiger partial charge < -0.3 is 29.5 Å². The lowest BCUT2D eigenvalue weighted by atomic mass is 9.92. The van der Waals surface area contributed by atoms with E-state index in [1.165, 1.54) is 19.3 Å². The molecule has 1 aliphatic heterocycles. The number of esters is 1. The summed E-state index contributed by atoms with van der Waals surface area (Å²) in [5.41, 5.74) is 2.87. The van der Waals surface area contributed by atoms with Crippen molar-refractivity contribution in [3.63, 3.8) is 0 Å². The number of anilines is 2. The van der Waals surface area contributed by atoms with Crippen LogP contribution < -0.4 is 20.3 Å². The highest BCUT2D eigenvalue weighted by atomic mass is 16.5. The Morgan fingerprint density at radius 1 is 1.02 bits per heavy atom. The maximum Gasteiger partial charge on any atom is 0.326 e. The molecule has 0 aromatic heterocycles. The lowest BCUT2D eigenvalue weighted by molar-refractivity contribution is -0.147. The van der Waals surface area contributed by atoms with Crippen molar-refractivity contribution < 1.29 is 23.9 Å². The molecule has 2 aromatic carbocycles. The molecule has 2 aromatic rings. The van der Waals surface area contributed by atoms with Gasteiger partial charge in [0.2, 0.25) is 11.9 Å². The van der Waals surface area contributed by atoms with E-state index in [0.717, 1.165) is 30.5 Å². The van der Waals surface area contributed by atoms with Gasteiger partial charge in [-0.05, 0) is 61.4 Å². The summed E-state index contributed by atoms with van der Waals surface area (Å²) in [7, 11) is 5.73. The van der Waals surface area contributed by atoms with Gasteiger partial charge in [-0.3, -0.25) is 14.9 Å². The fourth-order valence-corrected chi connectivity index (χ4v) is 5.66. The highest BCUT2D eigenvalue weighted by Gasteiger charge is 2.27. The van der Waals surface area contributed by atoms with Crippen molar-refractivity contribution in [2.75, 3.05) is 51.1 Å². The van der Waals surface area contributed by atoms with Crippen molar-refractivity contribution in [2.45, 2.75) is 84.7 Å². The first-order valence-corrected chi connectivity index (χ1v) is 16.8. The minimum atomic E-state index is -0.476. The quantitative estimate of drug-likeness (QED) is 0.193. The molecule has 0 spiro atoms. The van der Waals surface area contributed by atoms with Crippen LogP contribution in [0.15, 0.2) is 47.5 Å². The van der Waals surface area contributed by atoms with Crippen LogP contribution in [0.1, 0.15) is 77.7 Å². The molecule has 11 heteroatoms. The van der Waals surface area contributed by atoms with E-state index < -0.39 is 12.0 Å². The van der Waals surface area contributed by atoms with E-state index in [4.69, 9.17) is 14.5 Å². The van der Waals surface area contributed by atoms with Gasteiger partial charge in [0.05, 0.1) is 30.3 Å². The number of carbonyl (C=O) groups is 3. The number of para-hydroxylation sites is 2. The molecule has 256 valence electrons. The number of benzene rings is 2. The molecule has 0 bridgehead atoms. The second-order valence-electron chi connectivity index (χ2n) is 13.5. The zero-order chi connectivity index (χ0) is 34.0. The summed E-state index contributed by atoms with van der Waals surface area (Å²) < 4.78 is 11.6.